The highest BCUT2D eigenvalue weighted by Gasteiger charge is 2.09. The van der Waals surface area contributed by atoms with E-state index in [1.807, 2.05) is 24.5 Å². The van der Waals surface area contributed by atoms with Gasteiger partial charge in [0, 0.05) is 43.2 Å². The van der Waals surface area contributed by atoms with Crippen molar-refractivity contribution in [1.29, 1.82) is 0 Å². The third-order valence-electron chi connectivity index (χ3n) is 3.80. The summed E-state index contributed by atoms with van der Waals surface area (Å²) in [6, 6.07) is 11.2. The second-order valence-electron chi connectivity index (χ2n) is 5.33. The number of Topliss-reactive ketones (excluding diaryl/α,β-unsaturated/α-hetero) is 1. The number of rotatable bonds is 8. The lowest BCUT2D eigenvalue weighted by Crippen LogP contribution is -2.28. The monoisotopic (exact) mass is 297 g/mol. The van der Waals surface area contributed by atoms with E-state index in [1.165, 1.54) is 5.56 Å². The van der Waals surface area contributed by atoms with Crippen LogP contribution in [-0.4, -0.2) is 35.3 Å². The number of hydrogen-bond donors (Lipinski definition) is 1. The van der Waals surface area contributed by atoms with Crippen LogP contribution in [0.5, 0.6) is 0 Å². The fraction of sp³-hybridized carbons (Fsp3) is 0.333. The minimum atomic E-state index is 0.169. The molecule has 4 heteroatoms. The maximum Gasteiger partial charge on any atom is 0.164 e. The molecule has 1 aromatic heterocycles. The predicted molar refractivity (Wildman–Crippen MR) is 89.9 cm³/mol. The Kier molecular flexibility index (Phi) is 6.10. The molecule has 2 N–H and O–H groups in total. The number of likely N-dealkylation sites (N-methyl/N-ethyl adjacent to an activating group) is 1. The number of pyridine rings is 1. The highest BCUT2D eigenvalue weighted by molar-refractivity contribution is 5.96. The van der Waals surface area contributed by atoms with E-state index in [-0.39, 0.29) is 5.78 Å². The summed E-state index contributed by atoms with van der Waals surface area (Å²) < 4.78 is 0. The van der Waals surface area contributed by atoms with Crippen molar-refractivity contribution in [3.05, 3.63) is 59.9 Å². The van der Waals surface area contributed by atoms with Gasteiger partial charge >= 0.3 is 0 Å². The van der Waals surface area contributed by atoms with Crippen molar-refractivity contribution in [3.8, 4) is 0 Å². The molecule has 1 heterocycles. The lowest BCUT2D eigenvalue weighted by atomic mass is 10.1. The fourth-order valence-electron chi connectivity index (χ4n) is 2.34. The molecule has 2 aromatic rings. The van der Waals surface area contributed by atoms with Crippen LogP contribution in [0.15, 0.2) is 48.8 Å². The van der Waals surface area contributed by atoms with Crippen LogP contribution in [0, 0.1) is 0 Å². The maximum absolute atomic E-state index is 12.2. The largest absolute Gasteiger partial charge is 0.399 e. The van der Waals surface area contributed by atoms with Gasteiger partial charge in [-0.15, -0.1) is 0 Å². The summed E-state index contributed by atoms with van der Waals surface area (Å²) in [6.45, 7) is 4.81. The van der Waals surface area contributed by atoms with Crippen LogP contribution in [-0.2, 0) is 6.42 Å². The third kappa shape index (κ3) is 4.97. The Morgan fingerprint density at radius 3 is 2.41 bits per heavy atom. The number of benzene rings is 1. The molecule has 0 atom stereocenters. The summed E-state index contributed by atoms with van der Waals surface area (Å²) in [5.41, 5.74) is 8.34. The molecule has 0 bridgehead atoms. The Bertz CT molecular complexity index is 581. The van der Waals surface area contributed by atoms with Gasteiger partial charge in [0.15, 0.2) is 5.78 Å². The number of carbonyl (C=O) groups is 1. The van der Waals surface area contributed by atoms with Crippen LogP contribution in [0.3, 0.4) is 0 Å². The summed E-state index contributed by atoms with van der Waals surface area (Å²) in [5.74, 6) is 0.169. The number of hydrogen-bond acceptors (Lipinski definition) is 4. The van der Waals surface area contributed by atoms with Crippen molar-refractivity contribution >= 4 is 11.5 Å². The van der Waals surface area contributed by atoms with Crippen LogP contribution < -0.4 is 5.73 Å². The zero-order valence-electron chi connectivity index (χ0n) is 13.0. The molecule has 1 aromatic carbocycles. The molecule has 0 saturated heterocycles. The summed E-state index contributed by atoms with van der Waals surface area (Å²) in [5, 5.41) is 0. The van der Waals surface area contributed by atoms with Crippen LogP contribution in [0.1, 0.15) is 29.3 Å². The maximum atomic E-state index is 12.2. The topological polar surface area (TPSA) is 59.2 Å². The van der Waals surface area contributed by atoms with Gasteiger partial charge < -0.3 is 10.6 Å². The van der Waals surface area contributed by atoms with Gasteiger partial charge in [-0.2, -0.15) is 0 Å². The normalized spacial score (nSPS) is 10.8. The number of nitrogen functional groups attached to an aromatic ring is 1. The van der Waals surface area contributed by atoms with E-state index in [0.29, 0.717) is 12.1 Å². The molecule has 0 aliphatic rings. The van der Waals surface area contributed by atoms with Crippen LogP contribution in [0.2, 0.25) is 0 Å². The van der Waals surface area contributed by atoms with E-state index in [0.717, 1.165) is 31.6 Å². The van der Waals surface area contributed by atoms with Crippen LogP contribution >= 0.6 is 0 Å². The SMILES string of the molecule is CCN(CCC(=O)c1ccc(N)cc1)CCc1ccncc1. The van der Waals surface area contributed by atoms with Crippen molar-refractivity contribution < 1.29 is 4.79 Å². The van der Waals surface area contributed by atoms with Crippen molar-refractivity contribution in [2.24, 2.45) is 0 Å². The molecule has 2 rings (SSSR count). The number of nitrogens with zero attached hydrogens (tertiary/aromatic N) is 2. The Balaban J connectivity index is 1.80. The molecular formula is C18H23N3O. The first kappa shape index (κ1) is 16.2. The fourth-order valence-corrected chi connectivity index (χ4v) is 2.34. The van der Waals surface area contributed by atoms with Gasteiger partial charge in [0.2, 0.25) is 0 Å². The zero-order valence-corrected chi connectivity index (χ0v) is 13.0. The molecular weight excluding hydrogens is 274 g/mol. The van der Waals surface area contributed by atoms with Gasteiger partial charge in [0.25, 0.3) is 0 Å². The van der Waals surface area contributed by atoms with Crippen LogP contribution in [0.4, 0.5) is 5.69 Å². The number of carbonyl (C=O) groups excluding carboxylic acids is 1. The van der Waals surface area contributed by atoms with Gasteiger partial charge in [-0.05, 0) is 54.9 Å². The van der Waals surface area contributed by atoms with Gasteiger partial charge in [-0.1, -0.05) is 6.92 Å². The first-order valence-electron chi connectivity index (χ1n) is 7.69. The summed E-state index contributed by atoms with van der Waals surface area (Å²) in [4.78, 5) is 18.5. The Morgan fingerprint density at radius 1 is 1.09 bits per heavy atom. The zero-order chi connectivity index (χ0) is 15.8. The first-order chi connectivity index (χ1) is 10.7. The number of nitrogens with two attached hydrogens (primary N) is 1. The Morgan fingerprint density at radius 2 is 1.77 bits per heavy atom. The number of ketones is 1. The molecule has 0 amide bonds. The molecule has 0 aliphatic heterocycles. The molecule has 0 saturated carbocycles. The first-order valence-corrected chi connectivity index (χ1v) is 7.69. The smallest absolute Gasteiger partial charge is 0.164 e. The van der Waals surface area contributed by atoms with Crippen molar-refractivity contribution in [3.63, 3.8) is 0 Å². The third-order valence-corrected chi connectivity index (χ3v) is 3.80. The van der Waals surface area contributed by atoms with E-state index in [1.54, 1.807) is 24.3 Å². The average Bonchev–Trinajstić information content (AvgIpc) is 2.56. The van der Waals surface area contributed by atoms with Crippen LogP contribution in [0.25, 0.3) is 0 Å². The predicted octanol–water partition coefficient (Wildman–Crippen LogP) is 2.80. The average molecular weight is 297 g/mol. The molecule has 0 radical (unpaired) electrons. The summed E-state index contributed by atoms with van der Waals surface area (Å²) in [7, 11) is 0. The quantitative estimate of drug-likeness (QED) is 0.601. The van der Waals surface area contributed by atoms with E-state index >= 15 is 0 Å². The van der Waals surface area contributed by atoms with Gasteiger partial charge in [0.1, 0.15) is 0 Å². The second kappa shape index (κ2) is 8.29. The van der Waals surface area contributed by atoms with Crippen molar-refractivity contribution in [2.45, 2.75) is 19.8 Å². The van der Waals surface area contributed by atoms with Crippen molar-refractivity contribution in [1.82, 2.24) is 9.88 Å². The van der Waals surface area contributed by atoms with E-state index in [2.05, 4.69) is 16.8 Å². The Labute approximate surface area is 132 Å². The highest BCUT2D eigenvalue weighted by atomic mass is 16.1. The number of aromatic nitrogens is 1. The molecule has 22 heavy (non-hydrogen) atoms. The van der Waals surface area contributed by atoms with E-state index < -0.39 is 0 Å². The standard InChI is InChI=1S/C18H23N3O/c1-2-21(13-9-15-7-11-20-12-8-15)14-10-18(22)16-3-5-17(19)6-4-16/h3-8,11-12H,2,9-10,13-14,19H2,1H3. The minimum absolute atomic E-state index is 0.169. The second-order valence-corrected chi connectivity index (χ2v) is 5.33. The number of anilines is 1. The lowest BCUT2D eigenvalue weighted by molar-refractivity contribution is 0.0965. The van der Waals surface area contributed by atoms with Gasteiger partial charge in [-0.3, -0.25) is 9.78 Å². The summed E-state index contributed by atoms with van der Waals surface area (Å²) in [6.07, 6.45) is 5.15. The Hall–Kier alpha value is -2.20. The minimum Gasteiger partial charge on any atom is -0.399 e. The molecule has 116 valence electrons. The lowest BCUT2D eigenvalue weighted by Gasteiger charge is -2.19. The van der Waals surface area contributed by atoms with E-state index in [4.69, 9.17) is 5.73 Å². The molecule has 0 fully saturated rings. The molecule has 0 spiro atoms. The van der Waals surface area contributed by atoms with E-state index in [9.17, 15) is 4.79 Å². The highest BCUT2D eigenvalue weighted by Crippen LogP contribution is 2.09. The summed E-state index contributed by atoms with van der Waals surface area (Å²) >= 11 is 0. The molecule has 4 nitrogen and oxygen atoms in total. The van der Waals surface area contributed by atoms with Gasteiger partial charge in [0.05, 0.1) is 0 Å². The molecule has 0 aliphatic carbocycles. The van der Waals surface area contributed by atoms with Gasteiger partial charge in [-0.25, -0.2) is 0 Å². The van der Waals surface area contributed by atoms with Crippen molar-refractivity contribution in [2.75, 3.05) is 25.4 Å². The molecule has 0 unspecified atom stereocenters.